The van der Waals surface area contributed by atoms with Crippen molar-refractivity contribution in [3.05, 3.63) is 57.5 Å². The summed E-state index contributed by atoms with van der Waals surface area (Å²) in [6.07, 6.45) is 44.3. The van der Waals surface area contributed by atoms with Gasteiger partial charge in [0.25, 0.3) is 0 Å². The number of rotatable bonds is 44. The van der Waals surface area contributed by atoms with Gasteiger partial charge in [-0.15, -0.1) is 68.0 Å². The van der Waals surface area contributed by atoms with Crippen LogP contribution in [-0.4, -0.2) is 23.2 Å². The van der Waals surface area contributed by atoms with Crippen molar-refractivity contribution in [1.29, 1.82) is 0 Å². The molecule has 442 valence electrons. The van der Waals surface area contributed by atoms with Crippen molar-refractivity contribution < 1.29 is 9.47 Å². The summed E-state index contributed by atoms with van der Waals surface area (Å²) in [5.41, 5.74) is 2.56. The van der Waals surface area contributed by atoms with Crippen LogP contribution in [0.1, 0.15) is 268 Å². The Morgan fingerprint density at radius 3 is 1.24 bits per heavy atom. The van der Waals surface area contributed by atoms with Crippen LogP contribution in [-0.2, 0) is 12.8 Å². The highest BCUT2D eigenvalue weighted by molar-refractivity contribution is 7.30. The summed E-state index contributed by atoms with van der Waals surface area (Å²) in [6.45, 7) is 19.9. The molecular weight excluding hydrogens is 1090 g/mol. The van der Waals surface area contributed by atoms with Gasteiger partial charge in [-0.05, 0) is 101 Å². The SMILES string of the molecule is CCCCCCCCCCCCCCc1nc(-c2cc3c(OCC(CC)CCCC)c4sc(-c5nc(CCCCCCCCCCCCCC)c(-c6ccc(-c7ccc(C)s7)s6)s5)cc4c(OCC(CC)CCCC)c3s2)sc1C. The minimum absolute atomic E-state index is 0.514. The molecule has 10 heteroatoms. The number of fused-ring (bicyclic) bond motifs is 2. The molecule has 7 aromatic rings. The Hall–Kier alpha value is -2.60. The minimum atomic E-state index is 0.514. The van der Waals surface area contributed by atoms with Gasteiger partial charge in [0.05, 0.1) is 48.6 Å². The molecule has 80 heavy (non-hydrogen) atoms. The molecular formula is C70H104N2O2S6. The van der Waals surface area contributed by atoms with Crippen LogP contribution in [0.2, 0.25) is 0 Å². The van der Waals surface area contributed by atoms with Crippen molar-refractivity contribution in [1.82, 2.24) is 9.97 Å². The number of nitrogens with zero attached hydrogens (tertiary/aromatic N) is 2. The summed E-state index contributed by atoms with van der Waals surface area (Å²) in [7, 11) is 0. The summed E-state index contributed by atoms with van der Waals surface area (Å²) in [5.74, 6) is 3.09. The lowest BCUT2D eigenvalue weighted by molar-refractivity contribution is 0.235. The third-order valence-corrected chi connectivity index (χ3v) is 23.9. The van der Waals surface area contributed by atoms with Gasteiger partial charge in [-0.25, -0.2) is 9.97 Å². The average molecular weight is 1200 g/mol. The maximum Gasteiger partial charge on any atom is 0.146 e. The van der Waals surface area contributed by atoms with Crippen molar-refractivity contribution in [3.63, 3.8) is 0 Å². The van der Waals surface area contributed by atoms with Gasteiger partial charge in [0.1, 0.15) is 21.5 Å². The smallest absolute Gasteiger partial charge is 0.146 e. The van der Waals surface area contributed by atoms with Crippen LogP contribution in [0.3, 0.4) is 0 Å². The van der Waals surface area contributed by atoms with Crippen molar-refractivity contribution in [2.75, 3.05) is 13.2 Å². The quantitative estimate of drug-likeness (QED) is 0.0357. The zero-order valence-corrected chi connectivity index (χ0v) is 56.1. The molecule has 0 saturated carbocycles. The van der Waals surface area contributed by atoms with Gasteiger partial charge < -0.3 is 9.47 Å². The average Bonchev–Trinajstić information content (AvgIpc) is 4.37. The first-order chi connectivity index (χ1) is 39.3. The summed E-state index contributed by atoms with van der Waals surface area (Å²) in [5, 5.41) is 4.64. The Kier molecular flexibility index (Phi) is 29.5. The van der Waals surface area contributed by atoms with Gasteiger partial charge in [0.2, 0.25) is 0 Å². The third-order valence-electron chi connectivity index (χ3n) is 16.7. The van der Waals surface area contributed by atoms with E-state index >= 15 is 0 Å². The van der Waals surface area contributed by atoms with Crippen molar-refractivity contribution in [2.45, 2.75) is 274 Å². The van der Waals surface area contributed by atoms with E-state index in [0.29, 0.717) is 11.8 Å². The zero-order valence-electron chi connectivity index (χ0n) is 51.2. The monoisotopic (exact) mass is 1200 g/mol. The molecule has 4 nitrogen and oxygen atoms in total. The Bertz CT molecular complexity index is 2720. The summed E-state index contributed by atoms with van der Waals surface area (Å²) in [6, 6.07) is 14.1. The fraction of sp³-hybridized carbons (Fsp3) is 0.657. The first-order valence-corrected chi connectivity index (χ1v) is 37.6. The van der Waals surface area contributed by atoms with E-state index in [1.54, 1.807) is 0 Å². The Morgan fingerprint density at radius 2 is 0.787 bits per heavy atom. The van der Waals surface area contributed by atoms with Gasteiger partial charge in [0, 0.05) is 35.2 Å². The number of thiophene rings is 4. The molecule has 0 radical (unpaired) electrons. The largest absolute Gasteiger partial charge is 0.491 e. The highest BCUT2D eigenvalue weighted by Crippen LogP contribution is 2.54. The molecule has 0 aliphatic heterocycles. The van der Waals surface area contributed by atoms with Gasteiger partial charge in [-0.2, -0.15) is 0 Å². The van der Waals surface area contributed by atoms with Gasteiger partial charge in [0.15, 0.2) is 0 Å². The molecule has 2 atom stereocenters. The van der Waals surface area contributed by atoms with Crippen LogP contribution in [0.4, 0.5) is 0 Å². The van der Waals surface area contributed by atoms with Crippen LogP contribution in [0.5, 0.6) is 11.5 Å². The lowest BCUT2D eigenvalue weighted by Crippen LogP contribution is -2.12. The highest BCUT2D eigenvalue weighted by Gasteiger charge is 2.27. The predicted molar refractivity (Wildman–Crippen MR) is 363 cm³/mol. The van der Waals surface area contributed by atoms with E-state index in [4.69, 9.17) is 19.4 Å². The molecule has 6 aromatic heterocycles. The Morgan fingerprint density at radius 1 is 0.388 bits per heavy atom. The number of benzene rings is 1. The molecule has 0 bridgehead atoms. The Balaban J connectivity index is 1.19. The summed E-state index contributed by atoms with van der Waals surface area (Å²) in [4.78, 5) is 21.7. The molecule has 0 amide bonds. The second-order valence-corrected chi connectivity index (χ2v) is 30.2. The lowest BCUT2D eigenvalue weighted by atomic mass is 10.0. The molecule has 0 aliphatic rings. The second kappa shape index (κ2) is 36.3. The number of ether oxygens (including phenoxy) is 2. The van der Waals surface area contributed by atoms with E-state index in [1.165, 1.54) is 263 Å². The first kappa shape index (κ1) is 65.0. The topological polar surface area (TPSA) is 44.2 Å². The van der Waals surface area contributed by atoms with E-state index in [0.717, 1.165) is 60.4 Å². The molecule has 0 fully saturated rings. The summed E-state index contributed by atoms with van der Waals surface area (Å²) >= 11 is 11.4. The van der Waals surface area contributed by atoms with Gasteiger partial charge in [-0.3, -0.25) is 0 Å². The fourth-order valence-corrected chi connectivity index (χ4v) is 18.0. The molecule has 0 spiro atoms. The van der Waals surface area contributed by atoms with Crippen LogP contribution in [0.15, 0.2) is 36.4 Å². The standard InChI is InChI=1S/C70H104N2O2S6/c1-9-15-19-21-23-25-27-29-31-33-35-37-41-57-52(8)76-69(71-57)62-47-55-64(73-49-53(13-5)39-17-11-3)67-56(65(66(55)78-62)74-50-54(14-6)40-18-12-4)48-63(79-67)70-72-58(42-38-36-34-32-30-28-26-24-22-20-16-10-2)68(80-70)61-46-45-60(77-61)59-44-43-51(7)75-59/h43-48,53-54H,9-42,49-50H2,1-8H3. The van der Waals surface area contributed by atoms with E-state index < -0.39 is 0 Å². The number of thiazole rings is 2. The first-order valence-electron chi connectivity index (χ1n) is 32.7. The number of aromatic nitrogens is 2. The van der Waals surface area contributed by atoms with Crippen LogP contribution >= 0.6 is 68.0 Å². The van der Waals surface area contributed by atoms with Crippen LogP contribution in [0, 0.1) is 25.7 Å². The number of hydrogen-bond donors (Lipinski definition) is 0. The third kappa shape index (κ3) is 19.7. The lowest BCUT2D eigenvalue weighted by Gasteiger charge is -2.19. The van der Waals surface area contributed by atoms with E-state index in [2.05, 4.69) is 91.8 Å². The van der Waals surface area contributed by atoms with Crippen molar-refractivity contribution >= 4 is 88.2 Å². The fourth-order valence-electron chi connectivity index (χ4n) is 11.4. The molecule has 6 heterocycles. The zero-order chi connectivity index (χ0) is 56.3. The van der Waals surface area contributed by atoms with E-state index in [1.807, 2.05) is 68.0 Å². The van der Waals surface area contributed by atoms with Crippen molar-refractivity contribution in [2.24, 2.45) is 11.8 Å². The molecule has 0 N–H and O–H groups in total. The van der Waals surface area contributed by atoms with Crippen LogP contribution < -0.4 is 9.47 Å². The molecule has 1 aromatic carbocycles. The van der Waals surface area contributed by atoms with E-state index in [-0.39, 0.29) is 0 Å². The number of hydrogen-bond acceptors (Lipinski definition) is 10. The molecule has 0 aliphatic carbocycles. The van der Waals surface area contributed by atoms with Gasteiger partial charge in [-0.1, -0.05) is 221 Å². The predicted octanol–water partition coefficient (Wildman–Crippen LogP) is 26.1. The molecule has 0 saturated heterocycles. The minimum Gasteiger partial charge on any atom is -0.491 e. The maximum atomic E-state index is 7.29. The molecule has 2 unspecified atom stereocenters. The van der Waals surface area contributed by atoms with E-state index in [9.17, 15) is 0 Å². The number of unbranched alkanes of at least 4 members (excludes halogenated alkanes) is 24. The second-order valence-electron chi connectivity index (χ2n) is 23.5. The normalized spacial score (nSPS) is 12.7. The molecule has 7 rings (SSSR count). The Labute approximate surface area is 510 Å². The van der Waals surface area contributed by atoms with Gasteiger partial charge >= 0.3 is 0 Å². The summed E-state index contributed by atoms with van der Waals surface area (Å²) < 4.78 is 17.0. The van der Waals surface area contributed by atoms with Crippen LogP contribution in [0.25, 0.3) is 59.5 Å². The number of aryl methyl sites for hydroxylation is 4. The highest BCUT2D eigenvalue weighted by atomic mass is 32.1. The maximum absolute atomic E-state index is 7.29. The van der Waals surface area contributed by atoms with Crippen molar-refractivity contribution in [3.8, 4) is 50.8 Å².